The van der Waals surface area contributed by atoms with Crippen molar-refractivity contribution in [3.63, 3.8) is 0 Å². The quantitative estimate of drug-likeness (QED) is 0.290. The molecule has 2 aliphatic heterocycles. The molecule has 0 unspecified atom stereocenters. The van der Waals surface area contributed by atoms with E-state index in [1.807, 2.05) is 102 Å². The Labute approximate surface area is 268 Å². The van der Waals surface area contributed by atoms with Gasteiger partial charge >= 0.3 is 18.2 Å². The summed E-state index contributed by atoms with van der Waals surface area (Å²) in [7, 11) is 1.35. The molecule has 2 heterocycles. The van der Waals surface area contributed by atoms with Gasteiger partial charge in [0.2, 0.25) is 0 Å². The Bertz CT molecular complexity index is 1350. The molecule has 0 saturated heterocycles. The Balaban J connectivity index is 0.000000308. The highest BCUT2D eigenvalue weighted by molar-refractivity contribution is 5.99. The van der Waals surface area contributed by atoms with Crippen LogP contribution in [0.1, 0.15) is 72.9 Å². The molecule has 2 aromatic rings. The van der Waals surface area contributed by atoms with Crippen LogP contribution in [0.5, 0.6) is 0 Å². The summed E-state index contributed by atoms with van der Waals surface area (Å²) in [6.45, 7) is 12.7. The Morgan fingerprint density at radius 2 is 1.13 bits per heavy atom. The van der Waals surface area contributed by atoms with Crippen molar-refractivity contribution < 1.29 is 33.7 Å². The zero-order chi connectivity index (χ0) is 32.5. The molecular weight excluding hydrogens is 572 g/mol. The van der Waals surface area contributed by atoms with E-state index in [1.165, 1.54) is 7.11 Å². The number of amides is 2. The van der Waals surface area contributed by atoms with Crippen LogP contribution in [0.15, 0.2) is 71.8 Å². The Morgan fingerprint density at radius 3 is 1.56 bits per heavy atom. The van der Waals surface area contributed by atoms with E-state index >= 15 is 0 Å². The van der Waals surface area contributed by atoms with Crippen molar-refractivity contribution in [3.8, 4) is 0 Å². The monoisotopic (exact) mass is 622 g/mol. The number of aliphatic hydroxyl groups is 1. The lowest BCUT2D eigenvalue weighted by atomic mass is 9.93. The first kappa shape index (κ1) is 37.1. The third kappa shape index (κ3) is 11.1. The summed E-state index contributed by atoms with van der Waals surface area (Å²) in [6.07, 6.45) is 0.596. The van der Waals surface area contributed by atoms with Crippen molar-refractivity contribution in [1.29, 1.82) is 0 Å². The van der Waals surface area contributed by atoms with Gasteiger partial charge in [-0.25, -0.2) is 14.4 Å². The summed E-state index contributed by atoms with van der Waals surface area (Å²) >= 11 is 0. The molecule has 2 amide bonds. The van der Waals surface area contributed by atoms with Gasteiger partial charge in [0, 0.05) is 19.6 Å². The van der Waals surface area contributed by atoms with Crippen LogP contribution in [0.25, 0.3) is 11.1 Å². The Morgan fingerprint density at radius 1 is 0.711 bits per heavy atom. The largest absolute Gasteiger partial charge is 0.466 e. The van der Waals surface area contributed by atoms with Gasteiger partial charge in [-0.15, -0.1) is 0 Å². The van der Waals surface area contributed by atoms with Gasteiger partial charge in [-0.1, -0.05) is 68.1 Å². The number of aliphatic hydroxyl groups excluding tert-OH is 1. The van der Waals surface area contributed by atoms with Crippen LogP contribution < -0.4 is 0 Å². The minimum absolute atomic E-state index is 0. The third-order valence-electron chi connectivity index (χ3n) is 6.96. The van der Waals surface area contributed by atoms with Crippen LogP contribution in [-0.2, 0) is 19.0 Å². The van der Waals surface area contributed by atoms with E-state index in [0.29, 0.717) is 31.6 Å². The summed E-state index contributed by atoms with van der Waals surface area (Å²) in [5.74, 6) is -0.405. The van der Waals surface area contributed by atoms with Crippen LogP contribution in [0.3, 0.4) is 0 Å². The zero-order valence-corrected chi connectivity index (χ0v) is 27.0. The number of hydrogen-bond donors (Lipinski definition) is 1. The smallest absolute Gasteiger partial charge is 0.410 e. The van der Waals surface area contributed by atoms with Gasteiger partial charge in [0.05, 0.1) is 25.8 Å². The Kier molecular flexibility index (Phi) is 13.4. The van der Waals surface area contributed by atoms with Crippen LogP contribution in [-0.4, -0.2) is 84.2 Å². The highest BCUT2D eigenvalue weighted by Crippen LogP contribution is 2.30. The maximum absolute atomic E-state index is 12.2. The standard InChI is InChI=1S/C18H23NO4.C17H23NO3.CH4/c1-18(2,3)23-17(21)19-11-10-14(13-8-6-5-7-9-13)15(12-19)16(20)22-4;1-17(2,3)21-16(20)18-10-9-15(14(11-18)12-19)13-7-5-4-6-8-13;/h5-9H,10-12H2,1-4H3;4-8,19H,9-12H2,1-3H3;1H4. The summed E-state index contributed by atoms with van der Waals surface area (Å²) < 4.78 is 15.7. The number of carbonyl (C=O) groups is 3. The van der Waals surface area contributed by atoms with Gasteiger partial charge in [-0.05, 0) is 82.2 Å². The van der Waals surface area contributed by atoms with Crippen molar-refractivity contribution in [2.75, 3.05) is 39.9 Å². The van der Waals surface area contributed by atoms with Gasteiger partial charge in [0.15, 0.2) is 0 Å². The summed E-state index contributed by atoms with van der Waals surface area (Å²) in [5.41, 5.74) is 4.50. The lowest BCUT2D eigenvalue weighted by Gasteiger charge is -2.32. The maximum Gasteiger partial charge on any atom is 0.410 e. The highest BCUT2D eigenvalue weighted by atomic mass is 16.6. The summed E-state index contributed by atoms with van der Waals surface area (Å²) in [5, 5.41) is 9.62. The van der Waals surface area contributed by atoms with E-state index in [2.05, 4.69) is 0 Å². The van der Waals surface area contributed by atoms with Crippen molar-refractivity contribution in [2.45, 2.75) is 73.0 Å². The summed E-state index contributed by atoms with van der Waals surface area (Å²) in [4.78, 5) is 39.7. The van der Waals surface area contributed by atoms with Gasteiger partial charge in [-0.3, -0.25) is 0 Å². The number of methoxy groups -OCH3 is 1. The fraction of sp³-hybridized carbons (Fsp3) is 0.472. The van der Waals surface area contributed by atoms with E-state index < -0.39 is 23.3 Å². The molecule has 2 aromatic carbocycles. The van der Waals surface area contributed by atoms with Crippen LogP contribution >= 0.6 is 0 Å². The topological polar surface area (TPSA) is 106 Å². The normalized spacial score (nSPS) is 15.4. The molecule has 0 fully saturated rings. The van der Waals surface area contributed by atoms with E-state index in [9.17, 15) is 19.5 Å². The van der Waals surface area contributed by atoms with Crippen molar-refractivity contribution in [2.24, 2.45) is 0 Å². The molecule has 0 spiro atoms. The number of nitrogens with zero attached hydrogens (tertiary/aromatic N) is 2. The SMILES string of the molecule is C.CC(C)(C)OC(=O)N1CCC(c2ccccc2)=C(CO)C1.COC(=O)C1=C(c2ccccc2)CCN(C(=O)OC(C)(C)C)C1. The van der Waals surface area contributed by atoms with E-state index in [0.717, 1.165) is 34.3 Å². The van der Waals surface area contributed by atoms with Gasteiger partial charge < -0.3 is 29.1 Å². The van der Waals surface area contributed by atoms with Crippen molar-refractivity contribution in [3.05, 3.63) is 82.9 Å². The number of hydrogen-bond acceptors (Lipinski definition) is 7. The first-order valence-corrected chi connectivity index (χ1v) is 14.9. The lowest BCUT2D eigenvalue weighted by molar-refractivity contribution is -0.136. The zero-order valence-electron chi connectivity index (χ0n) is 27.0. The average molecular weight is 623 g/mol. The van der Waals surface area contributed by atoms with Crippen LogP contribution in [0.4, 0.5) is 9.59 Å². The average Bonchev–Trinajstić information content (AvgIpc) is 2.99. The van der Waals surface area contributed by atoms with E-state index in [1.54, 1.807) is 9.80 Å². The molecule has 9 nitrogen and oxygen atoms in total. The predicted octanol–water partition coefficient (Wildman–Crippen LogP) is 6.96. The second-order valence-corrected chi connectivity index (χ2v) is 12.7. The molecule has 45 heavy (non-hydrogen) atoms. The predicted molar refractivity (Wildman–Crippen MR) is 177 cm³/mol. The highest BCUT2D eigenvalue weighted by Gasteiger charge is 2.31. The second-order valence-electron chi connectivity index (χ2n) is 12.7. The first-order chi connectivity index (χ1) is 20.7. The molecule has 0 saturated carbocycles. The molecular formula is C36H50N2O7. The minimum Gasteiger partial charge on any atom is -0.466 e. The van der Waals surface area contributed by atoms with Crippen LogP contribution in [0, 0.1) is 0 Å². The molecule has 0 aromatic heterocycles. The minimum atomic E-state index is -0.564. The van der Waals surface area contributed by atoms with E-state index in [-0.39, 0.29) is 26.7 Å². The number of esters is 1. The molecule has 4 rings (SSSR count). The number of benzene rings is 2. The van der Waals surface area contributed by atoms with Crippen LogP contribution in [0.2, 0.25) is 0 Å². The molecule has 1 N–H and O–H groups in total. The van der Waals surface area contributed by atoms with Crippen molar-refractivity contribution in [1.82, 2.24) is 9.80 Å². The van der Waals surface area contributed by atoms with E-state index in [4.69, 9.17) is 14.2 Å². The van der Waals surface area contributed by atoms with Gasteiger partial charge in [0.1, 0.15) is 11.2 Å². The van der Waals surface area contributed by atoms with Crippen molar-refractivity contribution >= 4 is 29.3 Å². The van der Waals surface area contributed by atoms with Gasteiger partial charge in [-0.2, -0.15) is 0 Å². The number of ether oxygens (including phenoxy) is 3. The molecule has 246 valence electrons. The number of carbonyl (C=O) groups excluding carboxylic acids is 3. The molecule has 2 aliphatic rings. The third-order valence-corrected chi connectivity index (χ3v) is 6.96. The maximum atomic E-state index is 12.2. The molecule has 9 heteroatoms. The molecule has 0 aliphatic carbocycles. The fourth-order valence-electron chi connectivity index (χ4n) is 4.96. The van der Waals surface area contributed by atoms with Gasteiger partial charge in [0.25, 0.3) is 0 Å². The molecule has 0 atom stereocenters. The Hall–Kier alpha value is -4.11. The molecule has 0 bridgehead atoms. The summed E-state index contributed by atoms with van der Waals surface area (Å²) in [6, 6.07) is 19.7. The first-order valence-electron chi connectivity index (χ1n) is 14.9. The molecule has 0 radical (unpaired) electrons. The lowest BCUT2D eigenvalue weighted by Crippen LogP contribution is -2.41. The second kappa shape index (κ2) is 16.3. The number of rotatable bonds is 4. The fourth-order valence-corrected chi connectivity index (χ4v) is 4.96.